The molecule has 1 aliphatic carbocycles. The van der Waals surface area contributed by atoms with Gasteiger partial charge in [-0.05, 0) is 36.8 Å². The van der Waals surface area contributed by atoms with Crippen molar-refractivity contribution in [2.24, 2.45) is 11.3 Å². The molecule has 0 aromatic heterocycles. The number of carbonyl (C=O) groups is 2. The summed E-state index contributed by atoms with van der Waals surface area (Å²) in [5.74, 6) is -0.924. The van der Waals surface area contributed by atoms with Crippen molar-refractivity contribution in [1.29, 1.82) is 0 Å². The molecule has 0 amide bonds. The van der Waals surface area contributed by atoms with Crippen LogP contribution in [0.1, 0.15) is 37.8 Å². The normalized spacial score (nSPS) is 16.8. The molecule has 1 aromatic carbocycles. The molecule has 5 nitrogen and oxygen atoms in total. The maximum absolute atomic E-state index is 11.5. The molecule has 2 rings (SSSR count). The molecule has 22 heavy (non-hydrogen) atoms. The molecule has 1 fully saturated rings. The monoisotopic (exact) mass is 306 g/mol. The molecule has 0 radical (unpaired) electrons. The summed E-state index contributed by atoms with van der Waals surface area (Å²) < 4.78 is 10.7. The second kappa shape index (κ2) is 6.92. The minimum atomic E-state index is -0.815. The third kappa shape index (κ3) is 4.07. The summed E-state index contributed by atoms with van der Waals surface area (Å²) in [6, 6.07) is 7.52. The number of hydrogen-bond donors (Lipinski definition) is 1. The van der Waals surface area contributed by atoms with Crippen LogP contribution in [0.25, 0.3) is 0 Å². The average Bonchev–Trinajstić information content (AvgIpc) is 3.30. The van der Waals surface area contributed by atoms with Crippen LogP contribution >= 0.6 is 0 Å². The summed E-state index contributed by atoms with van der Waals surface area (Å²) in [6.07, 6.45) is 1.91. The van der Waals surface area contributed by atoms with Crippen LogP contribution in [0.3, 0.4) is 0 Å². The molecule has 0 spiro atoms. The van der Waals surface area contributed by atoms with Gasteiger partial charge in [-0.25, -0.2) is 0 Å². The molecule has 0 unspecified atom stereocenters. The summed E-state index contributed by atoms with van der Waals surface area (Å²) in [5.41, 5.74) is 0.971. The number of rotatable bonds is 8. The van der Waals surface area contributed by atoms with Crippen LogP contribution in [-0.2, 0) is 32.3 Å². The van der Waals surface area contributed by atoms with Crippen molar-refractivity contribution in [3.63, 3.8) is 0 Å². The molecule has 1 aliphatic rings. The Morgan fingerprint density at radius 2 is 1.82 bits per heavy atom. The van der Waals surface area contributed by atoms with E-state index in [0.29, 0.717) is 6.61 Å². The Bertz CT molecular complexity index is 550. The Kier molecular flexibility index (Phi) is 5.19. The summed E-state index contributed by atoms with van der Waals surface area (Å²) in [7, 11) is 0. The second-order valence-electron chi connectivity index (χ2n) is 6.04. The van der Waals surface area contributed by atoms with Crippen LogP contribution in [0.5, 0.6) is 0 Å². The van der Waals surface area contributed by atoms with Gasteiger partial charge in [-0.15, -0.1) is 0 Å². The summed E-state index contributed by atoms with van der Waals surface area (Å²) in [5, 5.41) is 9.40. The summed E-state index contributed by atoms with van der Waals surface area (Å²) in [6.45, 7) is 3.82. The summed E-state index contributed by atoms with van der Waals surface area (Å²) in [4.78, 5) is 22.4. The Hall–Kier alpha value is -1.88. The number of aliphatic carboxylic acids is 1. The largest absolute Gasteiger partial charge is 0.481 e. The van der Waals surface area contributed by atoms with Crippen molar-refractivity contribution in [1.82, 2.24) is 0 Å². The Morgan fingerprint density at radius 3 is 2.32 bits per heavy atom. The highest BCUT2D eigenvalue weighted by Crippen LogP contribution is 2.46. The van der Waals surface area contributed by atoms with Crippen LogP contribution in [0, 0.1) is 11.3 Å². The minimum absolute atomic E-state index is 0.189. The second-order valence-corrected chi connectivity index (χ2v) is 6.04. The highest BCUT2D eigenvalue weighted by Gasteiger charge is 2.47. The van der Waals surface area contributed by atoms with Gasteiger partial charge in [-0.1, -0.05) is 24.3 Å². The quantitative estimate of drug-likeness (QED) is 0.748. The maximum Gasteiger partial charge on any atom is 0.311 e. The molecule has 5 heteroatoms. The van der Waals surface area contributed by atoms with E-state index in [1.54, 1.807) is 6.92 Å². The maximum atomic E-state index is 11.5. The third-order valence-corrected chi connectivity index (χ3v) is 4.18. The molecule has 0 saturated heterocycles. The number of ether oxygens (including phenoxy) is 2. The molecule has 1 aromatic rings. The lowest BCUT2D eigenvalue weighted by atomic mass is 9.86. The number of hydrogen-bond acceptors (Lipinski definition) is 4. The van der Waals surface area contributed by atoms with Crippen molar-refractivity contribution in [3.05, 3.63) is 35.4 Å². The lowest BCUT2D eigenvalue weighted by Crippen LogP contribution is -2.35. The van der Waals surface area contributed by atoms with Gasteiger partial charge in [0.25, 0.3) is 0 Å². The van der Waals surface area contributed by atoms with Gasteiger partial charge >= 0.3 is 11.9 Å². The zero-order chi connectivity index (χ0) is 16.2. The fourth-order valence-electron chi connectivity index (χ4n) is 2.47. The minimum Gasteiger partial charge on any atom is -0.481 e. The van der Waals surface area contributed by atoms with E-state index >= 15 is 0 Å². The van der Waals surface area contributed by atoms with Gasteiger partial charge in [-0.2, -0.15) is 0 Å². The first-order valence-corrected chi connectivity index (χ1v) is 7.45. The van der Waals surface area contributed by atoms with E-state index in [9.17, 15) is 14.7 Å². The van der Waals surface area contributed by atoms with Gasteiger partial charge in [0, 0.05) is 6.92 Å². The van der Waals surface area contributed by atoms with Crippen molar-refractivity contribution >= 4 is 11.9 Å². The Balaban J connectivity index is 1.93. The predicted octanol–water partition coefficient (Wildman–Crippen LogP) is 2.77. The van der Waals surface area contributed by atoms with Gasteiger partial charge in [0.05, 0.1) is 18.6 Å². The van der Waals surface area contributed by atoms with Gasteiger partial charge < -0.3 is 14.6 Å². The van der Waals surface area contributed by atoms with Crippen LogP contribution in [-0.4, -0.2) is 23.7 Å². The molecular weight excluding hydrogens is 284 g/mol. The third-order valence-electron chi connectivity index (χ3n) is 4.18. The molecule has 120 valence electrons. The van der Waals surface area contributed by atoms with Crippen LogP contribution < -0.4 is 0 Å². The molecule has 0 bridgehead atoms. The Morgan fingerprint density at radius 1 is 1.23 bits per heavy atom. The van der Waals surface area contributed by atoms with E-state index in [-0.39, 0.29) is 25.1 Å². The van der Waals surface area contributed by atoms with E-state index < -0.39 is 11.4 Å². The molecule has 1 atom stereocenters. The van der Waals surface area contributed by atoms with Crippen molar-refractivity contribution < 1.29 is 24.2 Å². The molecule has 0 aliphatic heterocycles. The lowest BCUT2D eigenvalue weighted by molar-refractivity contribution is -0.154. The molecule has 0 heterocycles. The summed E-state index contributed by atoms with van der Waals surface area (Å²) >= 11 is 0. The zero-order valence-corrected chi connectivity index (χ0v) is 13.0. The number of esters is 1. The topological polar surface area (TPSA) is 72.8 Å². The molecule has 1 saturated carbocycles. The Labute approximate surface area is 130 Å². The van der Waals surface area contributed by atoms with Crippen LogP contribution in [0.15, 0.2) is 24.3 Å². The first kappa shape index (κ1) is 16.5. The first-order valence-electron chi connectivity index (χ1n) is 7.45. The van der Waals surface area contributed by atoms with E-state index in [4.69, 9.17) is 9.47 Å². The zero-order valence-electron chi connectivity index (χ0n) is 13.0. The van der Waals surface area contributed by atoms with Crippen molar-refractivity contribution in [3.8, 4) is 0 Å². The van der Waals surface area contributed by atoms with Gasteiger partial charge in [-0.3, -0.25) is 9.59 Å². The van der Waals surface area contributed by atoms with Gasteiger partial charge in [0.2, 0.25) is 0 Å². The molecular formula is C17H22O5. The van der Waals surface area contributed by atoms with Crippen LogP contribution in [0.4, 0.5) is 0 Å². The van der Waals surface area contributed by atoms with Crippen molar-refractivity contribution in [2.75, 3.05) is 6.61 Å². The van der Waals surface area contributed by atoms with Gasteiger partial charge in [0.1, 0.15) is 6.61 Å². The van der Waals surface area contributed by atoms with E-state index in [2.05, 4.69) is 0 Å². The number of carboxylic acid groups (broad SMARTS) is 1. The lowest BCUT2D eigenvalue weighted by Gasteiger charge is -2.24. The number of benzene rings is 1. The number of carboxylic acids is 1. The molecule has 1 N–H and O–H groups in total. The number of carbonyl (C=O) groups excluding carboxylic acids is 1. The van der Waals surface area contributed by atoms with E-state index in [1.165, 1.54) is 6.92 Å². The predicted molar refractivity (Wildman–Crippen MR) is 80.0 cm³/mol. The van der Waals surface area contributed by atoms with Crippen molar-refractivity contribution in [2.45, 2.75) is 39.9 Å². The van der Waals surface area contributed by atoms with Crippen LogP contribution in [0.2, 0.25) is 0 Å². The highest BCUT2D eigenvalue weighted by molar-refractivity contribution is 5.75. The average molecular weight is 306 g/mol. The fourth-order valence-corrected chi connectivity index (χ4v) is 2.47. The standard InChI is InChI=1S/C17H22O5/c1-12(18)22-10-14-6-4-3-5-13(14)9-21-11-17(2,16(19)20)15-7-8-15/h3-6,15H,7-11H2,1-2H3,(H,19,20)/t17-/m0/s1. The first-order chi connectivity index (χ1) is 10.4. The van der Waals surface area contributed by atoms with Gasteiger partial charge in [0.15, 0.2) is 0 Å². The van der Waals surface area contributed by atoms with E-state index in [0.717, 1.165) is 24.0 Å². The fraction of sp³-hybridized carbons (Fsp3) is 0.529. The SMILES string of the molecule is CC(=O)OCc1ccccc1COC[C@](C)(C(=O)O)C1CC1. The van der Waals surface area contributed by atoms with E-state index in [1.807, 2.05) is 24.3 Å². The highest BCUT2D eigenvalue weighted by atomic mass is 16.5. The smallest absolute Gasteiger partial charge is 0.311 e.